The van der Waals surface area contributed by atoms with E-state index >= 15 is 0 Å². The van der Waals surface area contributed by atoms with Crippen molar-refractivity contribution in [1.29, 1.82) is 0 Å². The molecule has 0 bridgehead atoms. The summed E-state index contributed by atoms with van der Waals surface area (Å²) in [6.07, 6.45) is 5.18. The summed E-state index contributed by atoms with van der Waals surface area (Å²) < 4.78 is 5.35. The van der Waals surface area contributed by atoms with Gasteiger partial charge in [0.2, 0.25) is 5.91 Å². The van der Waals surface area contributed by atoms with Gasteiger partial charge in [0, 0.05) is 23.2 Å². The van der Waals surface area contributed by atoms with Gasteiger partial charge in [0.15, 0.2) is 0 Å². The van der Waals surface area contributed by atoms with Crippen LogP contribution >= 0.6 is 23.2 Å². The second-order valence-corrected chi connectivity index (χ2v) is 7.58. The van der Waals surface area contributed by atoms with E-state index in [0.717, 1.165) is 25.7 Å². The van der Waals surface area contributed by atoms with Crippen LogP contribution in [0.1, 0.15) is 41.7 Å². The van der Waals surface area contributed by atoms with Gasteiger partial charge in [-0.3, -0.25) is 14.7 Å². The average Bonchev–Trinajstić information content (AvgIpc) is 3.13. The number of hydrogen-bond donors (Lipinski definition) is 3. The highest BCUT2D eigenvalue weighted by Gasteiger charge is 2.24. The molecule has 1 aromatic heterocycles. The van der Waals surface area contributed by atoms with Gasteiger partial charge in [-0.15, -0.1) is 0 Å². The zero-order valence-electron chi connectivity index (χ0n) is 15.4. The van der Waals surface area contributed by atoms with Crippen LogP contribution in [0.15, 0.2) is 24.4 Å². The van der Waals surface area contributed by atoms with Crippen LogP contribution < -0.4 is 10.6 Å². The number of hydrogen-bond acceptors (Lipinski definition) is 4. The molecule has 3 rings (SSSR count). The van der Waals surface area contributed by atoms with Crippen molar-refractivity contribution in [2.24, 2.45) is 0 Å². The minimum atomic E-state index is -0.342. The van der Waals surface area contributed by atoms with Crippen LogP contribution in [0, 0.1) is 0 Å². The number of halogens is 2. The maximum Gasteiger partial charge on any atom is 0.271 e. The second kappa shape index (κ2) is 9.41. The number of H-pyrrole nitrogens is 1. The summed E-state index contributed by atoms with van der Waals surface area (Å²) in [4.78, 5) is 25.0. The Balaban J connectivity index is 1.60. The van der Waals surface area contributed by atoms with Crippen molar-refractivity contribution >= 4 is 40.7 Å². The van der Waals surface area contributed by atoms with Gasteiger partial charge in [0.1, 0.15) is 5.69 Å². The summed E-state index contributed by atoms with van der Waals surface area (Å²) in [6, 6.07) is 5.13. The molecule has 1 saturated carbocycles. The number of aromatic nitrogens is 2. The van der Waals surface area contributed by atoms with Crippen LogP contribution in [0.4, 0.5) is 5.69 Å². The van der Waals surface area contributed by atoms with Gasteiger partial charge in [-0.2, -0.15) is 5.10 Å². The summed E-state index contributed by atoms with van der Waals surface area (Å²) in [5.74, 6) is -0.643. The van der Waals surface area contributed by atoms with Gasteiger partial charge in [-0.05, 0) is 43.4 Å². The summed E-state index contributed by atoms with van der Waals surface area (Å²) in [7, 11) is 1.71. The normalized spacial score (nSPS) is 19.2. The van der Waals surface area contributed by atoms with E-state index in [4.69, 9.17) is 27.9 Å². The molecular formula is C19H22Cl2N4O3. The standard InChI is InChI=1S/C19H22Cl2N4O3/c1-28-12-7-5-11(6-8-12)23-19(27)18-16(10-22-25-18)24-17(26)9-13-14(20)3-2-4-15(13)21/h2-4,10-12H,5-9H2,1H3,(H,22,25)(H,23,27)(H,24,26). The smallest absolute Gasteiger partial charge is 0.271 e. The molecule has 0 spiro atoms. The van der Waals surface area contributed by atoms with Crippen molar-refractivity contribution < 1.29 is 14.3 Å². The molecule has 0 saturated heterocycles. The first-order chi connectivity index (χ1) is 13.5. The van der Waals surface area contributed by atoms with Gasteiger partial charge in [-0.1, -0.05) is 29.3 Å². The van der Waals surface area contributed by atoms with Crippen LogP contribution in [0.2, 0.25) is 10.0 Å². The van der Waals surface area contributed by atoms with Crippen LogP contribution in [-0.2, 0) is 16.0 Å². The van der Waals surface area contributed by atoms with E-state index in [2.05, 4.69) is 20.8 Å². The van der Waals surface area contributed by atoms with Crippen LogP contribution in [0.25, 0.3) is 0 Å². The number of methoxy groups -OCH3 is 1. The molecule has 0 unspecified atom stereocenters. The number of carbonyl (C=O) groups is 2. The van der Waals surface area contributed by atoms with Gasteiger partial charge < -0.3 is 15.4 Å². The van der Waals surface area contributed by atoms with Crippen molar-refractivity contribution in [2.45, 2.75) is 44.2 Å². The highest BCUT2D eigenvalue weighted by molar-refractivity contribution is 6.36. The molecule has 1 aliphatic rings. The summed E-state index contributed by atoms with van der Waals surface area (Å²) in [5.41, 5.74) is 1.07. The molecule has 9 heteroatoms. The molecule has 0 aliphatic heterocycles. The lowest BCUT2D eigenvalue weighted by Gasteiger charge is -2.28. The molecule has 0 atom stereocenters. The largest absolute Gasteiger partial charge is 0.381 e. The van der Waals surface area contributed by atoms with Gasteiger partial charge in [-0.25, -0.2) is 0 Å². The maximum atomic E-state index is 12.6. The number of anilines is 1. The molecule has 7 nitrogen and oxygen atoms in total. The Morgan fingerprint density at radius 2 is 1.89 bits per heavy atom. The van der Waals surface area contributed by atoms with Crippen LogP contribution in [0.5, 0.6) is 0 Å². The van der Waals surface area contributed by atoms with Crippen molar-refractivity contribution in [1.82, 2.24) is 15.5 Å². The first-order valence-corrected chi connectivity index (χ1v) is 9.83. The Morgan fingerprint density at radius 3 is 2.54 bits per heavy atom. The van der Waals surface area contributed by atoms with Crippen LogP contribution in [-0.4, -0.2) is 41.3 Å². The summed E-state index contributed by atoms with van der Waals surface area (Å²) >= 11 is 12.2. The first kappa shape index (κ1) is 20.6. The fraction of sp³-hybridized carbons (Fsp3) is 0.421. The molecular weight excluding hydrogens is 403 g/mol. The molecule has 0 radical (unpaired) electrons. The SMILES string of the molecule is COC1CCC(NC(=O)c2[nH]ncc2NC(=O)Cc2c(Cl)cccc2Cl)CC1. The number of nitrogens with zero attached hydrogens (tertiary/aromatic N) is 1. The molecule has 28 heavy (non-hydrogen) atoms. The molecule has 2 amide bonds. The van der Waals surface area contributed by atoms with E-state index in [0.29, 0.717) is 21.3 Å². The Hall–Kier alpha value is -2.09. The lowest BCUT2D eigenvalue weighted by atomic mass is 9.93. The quantitative estimate of drug-likeness (QED) is 0.659. The lowest BCUT2D eigenvalue weighted by Crippen LogP contribution is -2.39. The van der Waals surface area contributed by atoms with E-state index in [-0.39, 0.29) is 36.1 Å². The van der Waals surface area contributed by atoms with Crippen molar-refractivity contribution in [3.8, 4) is 0 Å². The lowest BCUT2D eigenvalue weighted by molar-refractivity contribution is -0.115. The predicted octanol–water partition coefficient (Wildman–Crippen LogP) is 3.59. The third-order valence-electron chi connectivity index (χ3n) is 4.88. The van der Waals surface area contributed by atoms with E-state index in [1.165, 1.54) is 6.20 Å². The molecule has 2 aromatic rings. The van der Waals surface area contributed by atoms with E-state index in [1.807, 2.05) is 0 Å². The van der Waals surface area contributed by atoms with E-state index in [9.17, 15) is 9.59 Å². The van der Waals surface area contributed by atoms with E-state index in [1.54, 1.807) is 25.3 Å². The Kier molecular flexibility index (Phi) is 6.93. The third-order valence-corrected chi connectivity index (χ3v) is 5.59. The molecule has 1 aliphatic carbocycles. The van der Waals surface area contributed by atoms with Gasteiger partial charge >= 0.3 is 0 Å². The number of amides is 2. The summed E-state index contributed by atoms with van der Waals surface area (Å²) in [5, 5.41) is 13.1. The van der Waals surface area contributed by atoms with Gasteiger partial charge in [0.25, 0.3) is 5.91 Å². The van der Waals surface area contributed by atoms with Crippen LogP contribution in [0.3, 0.4) is 0 Å². The molecule has 1 fully saturated rings. The number of ether oxygens (including phenoxy) is 1. The predicted molar refractivity (Wildman–Crippen MR) is 108 cm³/mol. The number of nitrogens with one attached hydrogen (secondary N) is 3. The van der Waals surface area contributed by atoms with Crippen molar-refractivity contribution in [3.63, 3.8) is 0 Å². The average molecular weight is 425 g/mol. The highest BCUT2D eigenvalue weighted by atomic mass is 35.5. The minimum Gasteiger partial charge on any atom is -0.381 e. The maximum absolute atomic E-state index is 12.6. The first-order valence-electron chi connectivity index (χ1n) is 9.07. The topological polar surface area (TPSA) is 96.1 Å². The number of aromatic amines is 1. The molecule has 1 heterocycles. The number of carbonyl (C=O) groups excluding carboxylic acids is 2. The van der Waals surface area contributed by atoms with Gasteiger partial charge in [0.05, 0.1) is 24.4 Å². The zero-order chi connectivity index (χ0) is 20.1. The minimum absolute atomic E-state index is 0.00816. The van der Waals surface area contributed by atoms with Crippen molar-refractivity contribution in [3.05, 3.63) is 45.7 Å². The zero-order valence-corrected chi connectivity index (χ0v) is 16.9. The van der Waals surface area contributed by atoms with Crippen molar-refractivity contribution in [2.75, 3.05) is 12.4 Å². The Morgan fingerprint density at radius 1 is 1.21 bits per heavy atom. The third kappa shape index (κ3) is 5.04. The summed E-state index contributed by atoms with van der Waals surface area (Å²) in [6.45, 7) is 0. The number of benzene rings is 1. The molecule has 1 aromatic carbocycles. The van der Waals surface area contributed by atoms with E-state index < -0.39 is 0 Å². The fourth-order valence-electron chi connectivity index (χ4n) is 3.31. The Labute approximate surface area is 173 Å². The monoisotopic (exact) mass is 424 g/mol. The molecule has 150 valence electrons. The molecule has 3 N–H and O–H groups in total. The Bertz CT molecular complexity index is 827. The fourth-order valence-corrected chi connectivity index (χ4v) is 3.84. The highest BCUT2D eigenvalue weighted by Crippen LogP contribution is 2.25. The number of rotatable bonds is 6. The second-order valence-electron chi connectivity index (χ2n) is 6.77.